The first-order valence-corrected chi connectivity index (χ1v) is 8.39. The summed E-state index contributed by atoms with van der Waals surface area (Å²) >= 11 is 5.50. The first-order valence-electron chi connectivity index (χ1n) is 7.99. The molecule has 0 aromatic carbocycles. The highest BCUT2D eigenvalue weighted by molar-refractivity contribution is 7.80. The Balaban J connectivity index is 1.68. The van der Waals surface area contributed by atoms with Gasteiger partial charge in [-0.15, -0.1) is 0 Å². The van der Waals surface area contributed by atoms with Gasteiger partial charge in [0.15, 0.2) is 5.11 Å². The van der Waals surface area contributed by atoms with E-state index in [1.54, 1.807) is 0 Å². The maximum absolute atomic E-state index is 5.50. The van der Waals surface area contributed by atoms with Gasteiger partial charge in [0.1, 0.15) is 0 Å². The number of piperidine rings is 1. The molecule has 0 radical (unpaired) electrons. The Labute approximate surface area is 137 Å². The molecular weight excluding hydrogens is 296 g/mol. The number of hydrazone groups is 1. The molecule has 0 aromatic heterocycles. The van der Waals surface area contributed by atoms with Crippen molar-refractivity contribution in [3.05, 3.63) is 12.3 Å². The summed E-state index contributed by atoms with van der Waals surface area (Å²) in [6.45, 7) is 8.14. The molecule has 2 fully saturated rings. The average Bonchev–Trinajstić information content (AvgIpc) is 2.53. The quantitative estimate of drug-likeness (QED) is 0.484. The van der Waals surface area contributed by atoms with E-state index in [1.165, 1.54) is 0 Å². The van der Waals surface area contributed by atoms with Crippen molar-refractivity contribution < 1.29 is 0 Å². The number of piperazine rings is 1. The van der Waals surface area contributed by atoms with E-state index in [2.05, 4.69) is 51.0 Å². The zero-order chi connectivity index (χ0) is 15.5. The zero-order valence-corrected chi connectivity index (χ0v) is 14.0. The largest absolute Gasteiger partial charge is 0.343 e. The topological polar surface area (TPSA) is 64.0 Å². The fourth-order valence-corrected chi connectivity index (χ4v) is 3.46. The molecule has 0 bridgehead atoms. The predicted molar refractivity (Wildman–Crippen MR) is 94.4 cm³/mol. The summed E-state index contributed by atoms with van der Waals surface area (Å²) in [6, 6.07) is 0.663. The minimum absolute atomic E-state index is 0.269. The summed E-state index contributed by atoms with van der Waals surface area (Å²) in [5.74, 6) is 0.443. The third-order valence-electron chi connectivity index (χ3n) is 4.49. The van der Waals surface area contributed by atoms with Crippen LogP contribution in [0.3, 0.4) is 0 Å². The third kappa shape index (κ3) is 3.21. The van der Waals surface area contributed by atoms with Gasteiger partial charge in [-0.2, -0.15) is 5.10 Å². The van der Waals surface area contributed by atoms with E-state index in [0.29, 0.717) is 17.1 Å². The summed E-state index contributed by atoms with van der Waals surface area (Å²) < 4.78 is 0. The number of nitrogens with zero attached hydrogens (tertiary/aromatic N) is 3. The van der Waals surface area contributed by atoms with Crippen LogP contribution in [0.2, 0.25) is 0 Å². The van der Waals surface area contributed by atoms with E-state index in [-0.39, 0.29) is 6.04 Å². The van der Waals surface area contributed by atoms with Crippen LogP contribution in [0.1, 0.15) is 20.3 Å². The van der Waals surface area contributed by atoms with Gasteiger partial charge in [-0.05, 0) is 25.1 Å². The second kappa shape index (κ2) is 6.85. The molecule has 3 aliphatic heterocycles. The monoisotopic (exact) mass is 320 g/mol. The van der Waals surface area contributed by atoms with E-state index < -0.39 is 0 Å². The lowest BCUT2D eigenvalue weighted by Gasteiger charge is -2.35. The lowest BCUT2D eigenvalue weighted by Crippen LogP contribution is -2.55. The summed E-state index contributed by atoms with van der Waals surface area (Å²) in [7, 11) is 0. The Kier molecular flexibility index (Phi) is 4.85. The van der Waals surface area contributed by atoms with Crippen molar-refractivity contribution in [3.63, 3.8) is 0 Å². The Morgan fingerprint density at radius 3 is 3.14 bits per heavy atom. The third-order valence-corrected chi connectivity index (χ3v) is 4.82. The van der Waals surface area contributed by atoms with Gasteiger partial charge in [0.25, 0.3) is 0 Å². The molecule has 22 heavy (non-hydrogen) atoms. The van der Waals surface area contributed by atoms with Crippen LogP contribution >= 0.6 is 12.2 Å². The summed E-state index contributed by atoms with van der Waals surface area (Å²) in [4.78, 5) is 6.72. The molecule has 0 saturated carbocycles. The van der Waals surface area contributed by atoms with Crippen molar-refractivity contribution >= 4 is 28.8 Å². The van der Waals surface area contributed by atoms with E-state index in [1.807, 2.05) is 6.20 Å². The van der Waals surface area contributed by atoms with Gasteiger partial charge in [-0.3, -0.25) is 10.4 Å². The van der Waals surface area contributed by atoms with Gasteiger partial charge in [0, 0.05) is 44.8 Å². The van der Waals surface area contributed by atoms with E-state index in [0.717, 1.165) is 44.0 Å². The normalized spacial score (nSPS) is 33.4. The van der Waals surface area contributed by atoms with Crippen molar-refractivity contribution in [1.29, 1.82) is 0 Å². The second-order valence-corrected chi connectivity index (χ2v) is 6.51. The van der Waals surface area contributed by atoms with E-state index >= 15 is 0 Å². The molecule has 3 aliphatic rings. The molecule has 0 aromatic rings. The van der Waals surface area contributed by atoms with Crippen LogP contribution in [-0.2, 0) is 0 Å². The van der Waals surface area contributed by atoms with Gasteiger partial charge in [0.05, 0.1) is 17.5 Å². The summed E-state index contributed by atoms with van der Waals surface area (Å²) in [5, 5.41) is 12.2. The van der Waals surface area contributed by atoms with Gasteiger partial charge in [-0.25, -0.2) is 0 Å². The molecule has 7 heteroatoms. The Bertz CT molecular complexity index is 526. The van der Waals surface area contributed by atoms with Crippen molar-refractivity contribution in [2.24, 2.45) is 16.0 Å². The zero-order valence-electron chi connectivity index (χ0n) is 13.2. The molecule has 3 rings (SSSR count). The lowest BCUT2D eigenvalue weighted by molar-refractivity contribution is 0.271. The number of aliphatic imine (C=N–C) groups is 1. The SMILES string of the molecule is CC1C=CN=C2/C(=N\NC(=S)N3CCNCC3C)CCNC21. The lowest BCUT2D eigenvalue weighted by atomic mass is 9.89. The molecule has 0 aliphatic carbocycles. The van der Waals surface area contributed by atoms with Crippen LogP contribution in [0.15, 0.2) is 22.4 Å². The number of fused-ring (bicyclic) bond motifs is 1. The molecule has 3 atom stereocenters. The maximum Gasteiger partial charge on any atom is 0.189 e. The van der Waals surface area contributed by atoms with Crippen molar-refractivity contribution in [3.8, 4) is 0 Å². The van der Waals surface area contributed by atoms with E-state index in [4.69, 9.17) is 12.2 Å². The summed E-state index contributed by atoms with van der Waals surface area (Å²) in [6.07, 6.45) is 4.89. The fraction of sp³-hybridized carbons (Fsp3) is 0.667. The van der Waals surface area contributed by atoms with Crippen LogP contribution in [-0.4, -0.2) is 59.7 Å². The van der Waals surface area contributed by atoms with Crippen molar-refractivity contribution in [2.75, 3.05) is 26.2 Å². The van der Waals surface area contributed by atoms with Gasteiger partial charge in [-0.1, -0.05) is 13.0 Å². The Hall–Kier alpha value is -1.31. The van der Waals surface area contributed by atoms with Crippen LogP contribution < -0.4 is 16.1 Å². The van der Waals surface area contributed by atoms with Gasteiger partial charge >= 0.3 is 0 Å². The fourth-order valence-electron chi connectivity index (χ4n) is 3.15. The van der Waals surface area contributed by atoms with Gasteiger partial charge in [0.2, 0.25) is 0 Å². The summed E-state index contributed by atoms with van der Waals surface area (Å²) in [5.41, 5.74) is 5.15. The predicted octanol–water partition coefficient (Wildman–Crippen LogP) is 0.477. The number of thiocarbonyl (C=S) groups is 1. The molecule has 0 spiro atoms. The molecule has 3 unspecified atom stereocenters. The highest BCUT2D eigenvalue weighted by atomic mass is 32.1. The number of rotatable bonds is 1. The molecule has 2 saturated heterocycles. The minimum atomic E-state index is 0.269. The van der Waals surface area contributed by atoms with Crippen LogP contribution in [0, 0.1) is 5.92 Å². The molecule has 120 valence electrons. The first-order chi connectivity index (χ1) is 10.7. The van der Waals surface area contributed by atoms with Crippen molar-refractivity contribution in [1.82, 2.24) is 21.0 Å². The number of hydrogen-bond donors (Lipinski definition) is 3. The molecule has 6 nitrogen and oxygen atoms in total. The second-order valence-electron chi connectivity index (χ2n) is 6.12. The highest BCUT2D eigenvalue weighted by Crippen LogP contribution is 2.17. The van der Waals surface area contributed by atoms with E-state index in [9.17, 15) is 0 Å². The number of nitrogens with one attached hydrogen (secondary N) is 3. The molecule has 3 heterocycles. The van der Waals surface area contributed by atoms with Crippen LogP contribution in [0.25, 0.3) is 0 Å². The average molecular weight is 320 g/mol. The van der Waals surface area contributed by atoms with Crippen molar-refractivity contribution in [2.45, 2.75) is 32.4 Å². The molecule has 3 N–H and O–H groups in total. The Morgan fingerprint density at radius 2 is 2.32 bits per heavy atom. The van der Waals surface area contributed by atoms with Crippen LogP contribution in [0.5, 0.6) is 0 Å². The Morgan fingerprint density at radius 1 is 1.45 bits per heavy atom. The van der Waals surface area contributed by atoms with Crippen LogP contribution in [0.4, 0.5) is 0 Å². The smallest absolute Gasteiger partial charge is 0.189 e. The molecular formula is C15H24N6S. The van der Waals surface area contributed by atoms with Gasteiger partial charge < -0.3 is 15.5 Å². The maximum atomic E-state index is 5.50. The highest BCUT2D eigenvalue weighted by Gasteiger charge is 2.30. The number of hydrogen-bond acceptors (Lipinski definition) is 5. The first kappa shape index (κ1) is 15.6. The molecule has 0 amide bonds. The standard InChI is InChI=1S/C15H24N6S/c1-10-3-5-18-14-12(4-6-17-13(10)14)19-20-15(22)21-8-7-16-9-11(21)2/h3,5,10-11,13,16-17H,4,6-9H2,1-2H3,(H,20,22)/b19-12-. The minimum Gasteiger partial charge on any atom is -0.343 e.